The molecule has 1 N–H and O–H groups in total. The summed E-state index contributed by atoms with van der Waals surface area (Å²) in [6.45, 7) is 16.9. The highest BCUT2D eigenvalue weighted by Crippen LogP contribution is 2.34. The number of likely N-dealkylation sites (N-methyl/N-ethyl adjacent to an activating group) is 1. The first-order valence-corrected chi connectivity index (χ1v) is 15.3. The van der Waals surface area contributed by atoms with Crippen molar-refractivity contribution in [3.8, 4) is 11.3 Å². The van der Waals surface area contributed by atoms with Crippen LogP contribution < -0.4 is 15.9 Å². The fourth-order valence-corrected chi connectivity index (χ4v) is 6.35. The molecular weight excluding hydrogens is 544 g/mol. The first-order valence-electron chi connectivity index (χ1n) is 15.3. The number of nitrogens with one attached hydrogen (secondary N) is 1. The third-order valence-electron chi connectivity index (χ3n) is 8.77. The molecule has 0 bridgehead atoms. The Kier molecular flexibility index (Phi) is 8.20. The Morgan fingerprint density at radius 1 is 1.12 bits per heavy atom. The van der Waals surface area contributed by atoms with Crippen molar-refractivity contribution in [3.63, 3.8) is 0 Å². The third-order valence-corrected chi connectivity index (χ3v) is 8.77. The summed E-state index contributed by atoms with van der Waals surface area (Å²) in [6.07, 6.45) is 6.21. The molecule has 43 heavy (non-hydrogen) atoms. The van der Waals surface area contributed by atoms with Gasteiger partial charge >= 0.3 is 0 Å². The van der Waals surface area contributed by atoms with E-state index in [2.05, 4.69) is 77.9 Å². The van der Waals surface area contributed by atoms with Crippen molar-refractivity contribution < 1.29 is 8.78 Å². The smallest absolute Gasteiger partial charge is 0.229 e. The summed E-state index contributed by atoms with van der Waals surface area (Å²) in [5.41, 5.74) is 5.57. The summed E-state index contributed by atoms with van der Waals surface area (Å²) in [5, 5.41) is 4.34. The minimum Gasteiger partial charge on any atom is -0.309 e. The molecule has 1 unspecified atom stereocenters. The molecule has 0 spiro atoms. The molecule has 0 fully saturated rings. The molecule has 3 aromatic rings. The van der Waals surface area contributed by atoms with Gasteiger partial charge in [0.15, 0.2) is 5.82 Å². The highest BCUT2D eigenvalue weighted by Gasteiger charge is 2.25. The fraction of sp³-hybridized carbons (Fsp3) is 0.412. The molecule has 0 saturated carbocycles. The van der Waals surface area contributed by atoms with Crippen LogP contribution in [0.5, 0.6) is 0 Å². The first-order chi connectivity index (χ1) is 20.7. The number of hydrogen-bond donors (Lipinski definition) is 1. The molecule has 4 heterocycles. The Balaban J connectivity index is 1.29. The van der Waals surface area contributed by atoms with E-state index in [4.69, 9.17) is 9.98 Å². The van der Waals surface area contributed by atoms with Gasteiger partial charge < -0.3 is 10.2 Å². The van der Waals surface area contributed by atoms with E-state index in [0.717, 1.165) is 68.9 Å². The Morgan fingerprint density at radius 2 is 1.93 bits per heavy atom. The quantitative estimate of drug-likeness (QED) is 0.375. The van der Waals surface area contributed by atoms with Crippen LogP contribution in [0, 0.1) is 23.5 Å². The predicted molar refractivity (Wildman–Crippen MR) is 166 cm³/mol. The number of allylic oxidation sites excluding steroid dienone is 3. The van der Waals surface area contributed by atoms with Gasteiger partial charge in [-0.25, -0.2) is 28.7 Å². The maximum absolute atomic E-state index is 15.3. The molecule has 7 nitrogen and oxygen atoms in total. The van der Waals surface area contributed by atoms with Crippen LogP contribution in [0.1, 0.15) is 45.9 Å². The van der Waals surface area contributed by atoms with E-state index in [9.17, 15) is 4.39 Å². The second-order valence-electron chi connectivity index (χ2n) is 11.9. The number of rotatable bonds is 9. The molecule has 0 amide bonds. The van der Waals surface area contributed by atoms with Crippen LogP contribution in [-0.2, 0) is 13.0 Å². The highest BCUT2D eigenvalue weighted by molar-refractivity contribution is 5.81. The molecule has 2 aromatic heterocycles. The number of fused-ring (bicyclic) bond motifs is 3. The summed E-state index contributed by atoms with van der Waals surface area (Å²) in [7, 11) is 0. The number of hydrogen-bond acceptors (Lipinski definition) is 7. The fourth-order valence-electron chi connectivity index (χ4n) is 6.35. The third kappa shape index (κ3) is 5.88. The van der Waals surface area contributed by atoms with Crippen LogP contribution in [0.3, 0.4) is 0 Å². The van der Waals surface area contributed by atoms with Gasteiger partial charge in [0.25, 0.3) is 0 Å². The standard InChI is InChI=1S/C34H39F2N7/c1-6-42(7-2)12-13-43-11-10-28-22(19-43)8-9-31(39-28)40-34-37-18-27(36)33(41-34)26-15-23(35)16-30-32(26)25-17-24(20(3)4)21(5)14-29(25)38-30/h8-9,14-18,20-21H,6-7,10-13,19H2,1-5H3,(H,37,39,40,41). The number of anilines is 2. The molecule has 1 aromatic carbocycles. The van der Waals surface area contributed by atoms with Gasteiger partial charge in [-0.3, -0.25) is 4.90 Å². The molecule has 3 aliphatic rings. The first kappa shape index (κ1) is 29.3. The lowest BCUT2D eigenvalue weighted by molar-refractivity contribution is 0.201. The van der Waals surface area contributed by atoms with E-state index in [1.165, 1.54) is 23.3 Å². The molecule has 6 rings (SSSR count). The van der Waals surface area contributed by atoms with Gasteiger partial charge in [-0.05, 0) is 42.6 Å². The minimum absolute atomic E-state index is 0.0251. The molecule has 2 aliphatic heterocycles. The number of pyridine rings is 1. The minimum atomic E-state index is -0.628. The maximum Gasteiger partial charge on any atom is 0.229 e. The van der Waals surface area contributed by atoms with Crippen molar-refractivity contribution in [1.29, 1.82) is 0 Å². The molecular formula is C34H39F2N7. The molecule has 224 valence electrons. The van der Waals surface area contributed by atoms with Gasteiger partial charge in [-0.15, -0.1) is 0 Å². The van der Waals surface area contributed by atoms with E-state index in [-0.39, 0.29) is 17.6 Å². The zero-order valence-corrected chi connectivity index (χ0v) is 25.6. The maximum atomic E-state index is 15.3. The van der Waals surface area contributed by atoms with Crippen molar-refractivity contribution in [1.82, 2.24) is 24.8 Å². The monoisotopic (exact) mass is 583 g/mol. The summed E-state index contributed by atoms with van der Waals surface area (Å²) >= 11 is 0. The van der Waals surface area contributed by atoms with Crippen LogP contribution in [0.4, 0.5) is 20.5 Å². The SMILES string of the molecule is CCN(CC)CCN1CCc2nc(Nc3ncc(F)c(-c4cc(F)cc5c4=C4C=C(C(C)C)C(C)C=C4N=5)n3)ccc2C1. The van der Waals surface area contributed by atoms with E-state index >= 15 is 4.39 Å². The summed E-state index contributed by atoms with van der Waals surface area (Å²) in [4.78, 5) is 23.2. The van der Waals surface area contributed by atoms with Gasteiger partial charge in [-0.2, -0.15) is 0 Å². The highest BCUT2D eigenvalue weighted by atomic mass is 19.1. The molecule has 1 aliphatic carbocycles. The van der Waals surface area contributed by atoms with E-state index in [0.29, 0.717) is 27.9 Å². The van der Waals surface area contributed by atoms with Crippen molar-refractivity contribution in [2.45, 2.75) is 47.6 Å². The van der Waals surface area contributed by atoms with Gasteiger partial charge in [0.1, 0.15) is 17.3 Å². The average Bonchev–Trinajstić information content (AvgIpc) is 3.34. The van der Waals surface area contributed by atoms with Gasteiger partial charge in [0.05, 0.1) is 17.3 Å². The number of nitrogens with zero attached hydrogens (tertiary/aromatic N) is 6. The van der Waals surface area contributed by atoms with Gasteiger partial charge in [0.2, 0.25) is 5.95 Å². The predicted octanol–water partition coefficient (Wildman–Crippen LogP) is 5.16. The van der Waals surface area contributed by atoms with Crippen molar-refractivity contribution in [2.75, 3.05) is 38.0 Å². The zero-order chi connectivity index (χ0) is 30.2. The van der Waals surface area contributed by atoms with Crippen molar-refractivity contribution >= 4 is 17.3 Å². The summed E-state index contributed by atoms with van der Waals surface area (Å²) < 4.78 is 30.2. The van der Waals surface area contributed by atoms with E-state index in [1.54, 1.807) is 0 Å². The largest absolute Gasteiger partial charge is 0.309 e. The second-order valence-corrected chi connectivity index (χ2v) is 11.9. The van der Waals surface area contributed by atoms with E-state index < -0.39 is 11.6 Å². The summed E-state index contributed by atoms with van der Waals surface area (Å²) in [5.74, 6) is 0.226. The van der Waals surface area contributed by atoms with Crippen LogP contribution in [0.2, 0.25) is 0 Å². The lowest BCUT2D eigenvalue weighted by atomic mass is 9.84. The number of aromatic nitrogens is 3. The Hall–Kier alpha value is -3.82. The number of benzene rings is 1. The number of halogens is 2. The molecule has 9 heteroatoms. The lowest BCUT2D eigenvalue weighted by Crippen LogP contribution is -2.38. The second kappa shape index (κ2) is 12.1. The molecule has 0 saturated heterocycles. The topological polar surface area (TPSA) is 69.5 Å². The van der Waals surface area contributed by atoms with Gasteiger partial charge in [-0.1, -0.05) is 58.4 Å². The lowest BCUT2D eigenvalue weighted by Gasteiger charge is -2.30. The molecule has 0 radical (unpaired) electrons. The van der Waals surface area contributed by atoms with Crippen molar-refractivity contribution in [2.24, 2.45) is 16.8 Å². The van der Waals surface area contributed by atoms with Crippen LogP contribution in [0.25, 0.3) is 16.8 Å². The van der Waals surface area contributed by atoms with Crippen LogP contribution in [0.15, 0.2) is 58.9 Å². The average molecular weight is 584 g/mol. The van der Waals surface area contributed by atoms with Gasteiger partial charge in [0, 0.05) is 60.7 Å². The zero-order valence-electron chi connectivity index (χ0n) is 25.6. The van der Waals surface area contributed by atoms with Crippen molar-refractivity contribution in [3.05, 3.63) is 87.4 Å². The van der Waals surface area contributed by atoms with E-state index in [1.807, 2.05) is 6.07 Å². The Bertz CT molecular complexity index is 1740. The van der Waals surface area contributed by atoms with Crippen LogP contribution in [-0.4, -0.2) is 57.5 Å². The normalized spacial score (nSPS) is 17.8. The summed E-state index contributed by atoms with van der Waals surface area (Å²) in [6, 6.07) is 6.74. The Labute approximate surface area is 251 Å². The molecule has 1 atom stereocenters. The Morgan fingerprint density at radius 3 is 2.70 bits per heavy atom. The van der Waals surface area contributed by atoms with Crippen LogP contribution >= 0.6 is 0 Å².